The number of aromatic nitrogens is 1. The molecule has 0 aliphatic carbocycles. The van der Waals surface area contributed by atoms with Crippen molar-refractivity contribution in [3.05, 3.63) is 58.7 Å². The minimum absolute atomic E-state index is 0.0921. The van der Waals surface area contributed by atoms with Gasteiger partial charge in [0.25, 0.3) is 5.91 Å². The first-order chi connectivity index (χ1) is 10.1. The van der Waals surface area contributed by atoms with Crippen LogP contribution in [0.3, 0.4) is 0 Å². The Morgan fingerprint density at radius 2 is 2.05 bits per heavy atom. The van der Waals surface area contributed by atoms with Crippen LogP contribution in [0.4, 0.5) is 5.82 Å². The summed E-state index contributed by atoms with van der Waals surface area (Å²) in [5, 5.41) is 6.35. The number of carbonyl (C=O) groups excluding carboxylic acids is 1. The summed E-state index contributed by atoms with van der Waals surface area (Å²) < 4.78 is 0. The average molecular weight is 304 g/mol. The summed E-state index contributed by atoms with van der Waals surface area (Å²) in [5.74, 6) is 0.428. The van der Waals surface area contributed by atoms with Gasteiger partial charge in [-0.1, -0.05) is 41.9 Å². The maximum Gasteiger partial charge on any atom is 0.253 e. The smallest absolute Gasteiger partial charge is 0.253 e. The van der Waals surface area contributed by atoms with Crippen molar-refractivity contribution < 1.29 is 4.79 Å². The molecule has 1 aromatic heterocycles. The van der Waals surface area contributed by atoms with Crippen LogP contribution in [0, 0.1) is 0 Å². The van der Waals surface area contributed by atoms with Crippen molar-refractivity contribution in [2.45, 2.75) is 19.9 Å². The standard InChI is InChI=1S/C16H18ClN3O/c1-3-18-15-9-13(14(17)10-19-15)16(21)20-11(2)12-7-5-4-6-8-12/h4-11H,3H2,1-2H3,(H,18,19)(H,20,21). The van der Waals surface area contributed by atoms with E-state index in [0.29, 0.717) is 16.4 Å². The van der Waals surface area contributed by atoms with Gasteiger partial charge in [-0.2, -0.15) is 0 Å². The van der Waals surface area contributed by atoms with Gasteiger partial charge < -0.3 is 10.6 Å². The molecule has 2 aromatic rings. The second kappa shape index (κ2) is 7.09. The molecule has 4 nitrogen and oxygen atoms in total. The van der Waals surface area contributed by atoms with Gasteiger partial charge in [-0.3, -0.25) is 4.79 Å². The van der Waals surface area contributed by atoms with Crippen molar-refractivity contribution in [2.24, 2.45) is 0 Å². The number of halogens is 1. The van der Waals surface area contributed by atoms with Gasteiger partial charge in [0, 0.05) is 12.7 Å². The molecule has 110 valence electrons. The number of nitrogens with zero attached hydrogens (tertiary/aromatic N) is 1. The van der Waals surface area contributed by atoms with Crippen molar-refractivity contribution >= 4 is 23.3 Å². The molecule has 2 N–H and O–H groups in total. The predicted molar refractivity (Wildman–Crippen MR) is 85.7 cm³/mol. The third kappa shape index (κ3) is 3.95. The van der Waals surface area contributed by atoms with E-state index in [-0.39, 0.29) is 11.9 Å². The van der Waals surface area contributed by atoms with Crippen LogP contribution in [0.25, 0.3) is 0 Å². The van der Waals surface area contributed by atoms with Crippen LogP contribution in [-0.4, -0.2) is 17.4 Å². The highest BCUT2D eigenvalue weighted by Gasteiger charge is 2.15. The van der Waals surface area contributed by atoms with E-state index in [0.717, 1.165) is 12.1 Å². The monoisotopic (exact) mass is 303 g/mol. The first-order valence-electron chi connectivity index (χ1n) is 6.87. The molecular weight excluding hydrogens is 286 g/mol. The van der Waals surface area contributed by atoms with Crippen LogP contribution in [0.2, 0.25) is 5.02 Å². The zero-order valence-electron chi connectivity index (χ0n) is 12.1. The fraction of sp³-hybridized carbons (Fsp3) is 0.250. The van der Waals surface area contributed by atoms with E-state index in [4.69, 9.17) is 11.6 Å². The fourth-order valence-electron chi connectivity index (χ4n) is 1.99. The molecule has 0 radical (unpaired) electrons. The van der Waals surface area contributed by atoms with Gasteiger partial charge in [-0.05, 0) is 25.5 Å². The topological polar surface area (TPSA) is 54.0 Å². The molecule has 0 saturated carbocycles. The third-order valence-corrected chi connectivity index (χ3v) is 3.41. The van der Waals surface area contributed by atoms with Crippen LogP contribution in [0.1, 0.15) is 35.8 Å². The summed E-state index contributed by atoms with van der Waals surface area (Å²) in [7, 11) is 0. The molecule has 21 heavy (non-hydrogen) atoms. The van der Waals surface area contributed by atoms with Gasteiger partial charge in [0.1, 0.15) is 5.82 Å². The van der Waals surface area contributed by atoms with Crippen molar-refractivity contribution in [1.82, 2.24) is 10.3 Å². The molecular formula is C16H18ClN3O. The second-order valence-electron chi connectivity index (χ2n) is 4.69. The molecule has 0 aliphatic rings. The van der Waals surface area contributed by atoms with E-state index in [9.17, 15) is 4.79 Å². The van der Waals surface area contributed by atoms with Gasteiger partial charge >= 0.3 is 0 Å². The summed E-state index contributed by atoms with van der Waals surface area (Å²) >= 11 is 6.07. The van der Waals surface area contributed by atoms with Gasteiger partial charge in [0.05, 0.1) is 16.6 Å². The normalized spacial score (nSPS) is 11.8. The van der Waals surface area contributed by atoms with E-state index >= 15 is 0 Å². The number of amides is 1. The molecule has 0 spiro atoms. The van der Waals surface area contributed by atoms with Gasteiger partial charge in [0.15, 0.2) is 0 Å². The van der Waals surface area contributed by atoms with Crippen LogP contribution in [0.5, 0.6) is 0 Å². The van der Waals surface area contributed by atoms with E-state index in [1.165, 1.54) is 6.20 Å². The first-order valence-corrected chi connectivity index (χ1v) is 7.24. The van der Waals surface area contributed by atoms with E-state index in [2.05, 4.69) is 15.6 Å². The summed E-state index contributed by atoms with van der Waals surface area (Å²) in [4.78, 5) is 16.5. The minimum atomic E-state index is -0.210. The molecule has 0 bridgehead atoms. The number of anilines is 1. The highest BCUT2D eigenvalue weighted by Crippen LogP contribution is 2.19. The maximum absolute atomic E-state index is 12.4. The first kappa shape index (κ1) is 15.3. The summed E-state index contributed by atoms with van der Waals surface area (Å²) in [6.07, 6.45) is 1.49. The highest BCUT2D eigenvalue weighted by atomic mass is 35.5. The number of carbonyl (C=O) groups is 1. The maximum atomic E-state index is 12.4. The quantitative estimate of drug-likeness (QED) is 0.886. The minimum Gasteiger partial charge on any atom is -0.370 e. The van der Waals surface area contributed by atoms with Crippen molar-refractivity contribution in [3.8, 4) is 0 Å². The van der Waals surface area contributed by atoms with Crippen molar-refractivity contribution in [1.29, 1.82) is 0 Å². The fourth-order valence-corrected chi connectivity index (χ4v) is 2.18. The second-order valence-corrected chi connectivity index (χ2v) is 5.09. The van der Waals surface area contributed by atoms with E-state index < -0.39 is 0 Å². The number of rotatable bonds is 5. The summed E-state index contributed by atoms with van der Waals surface area (Å²) in [5.41, 5.74) is 1.47. The molecule has 1 amide bonds. The Bertz CT molecular complexity index is 616. The van der Waals surface area contributed by atoms with Gasteiger partial charge in [0.2, 0.25) is 0 Å². The lowest BCUT2D eigenvalue weighted by molar-refractivity contribution is 0.0940. The highest BCUT2D eigenvalue weighted by molar-refractivity contribution is 6.33. The van der Waals surface area contributed by atoms with Crippen molar-refractivity contribution in [3.63, 3.8) is 0 Å². The van der Waals surface area contributed by atoms with Gasteiger partial charge in [-0.15, -0.1) is 0 Å². The van der Waals surface area contributed by atoms with Crippen molar-refractivity contribution in [2.75, 3.05) is 11.9 Å². The molecule has 1 aromatic carbocycles. The molecule has 1 atom stereocenters. The molecule has 0 aliphatic heterocycles. The molecule has 1 unspecified atom stereocenters. The summed E-state index contributed by atoms with van der Waals surface area (Å²) in [6.45, 7) is 4.64. The van der Waals surface area contributed by atoms with Crippen LogP contribution < -0.4 is 10.6 Å². The zero-order chi connectivity index (χ0) is 15.2. The Labute approximate surface area is 129 Å². The molecule has 2 rings (SSSR count). The predicted octanol–water partition coefficient (Wildman–Crippen LogP) is 3.66. The van der Waals surface area contributed by atoms with E-state index in [1.807, 2.05) is 44.2 Å². The largest absolute Gasteiger partial charge is 0.370 e. The molecule has 0 fully saturated rings. The third-order valence-electron chi connectivity index (χ3n) is 3.11. The Kier molecular flexibility index (Phi) is 5.17. The lowest BCUT2D eigenvalue weighted by atomic mass is 10.1. The number of pyridine rings is 1. The lowest BCUT2D eigenvalue weighted by Gasteiger charge is -2.15. The lowest BCUT2D eigenvalue weighted by Crippen LogP contribution is -2.27. The number of nitrogens with one attached hydrogen (secondary N) is 2. The Balaban J connectivity index is 2.14. The number of hydrogen-bond acceptors (Lipinski definition) is 3. The Morgan fingerprint density at radius 3 is 2.71 bits per heavy atom. The number of hydrogen-bond donors (Lipinski definition) is 2. The average Bonchev–Trinajstić information content (AvgIpc) is 2.50. The number of benzene rings is 1. The molecule has 0 saturated heterocycles. The van der Waals surface area contributed by atoms with Crippen LogP contribution >= 0.6 is 11.6 Å². The van der Waals surface area contributed by atoms with E-state index in [1.54, 1.807) is 6.07 Å². The SMILES string of the molecule is CCNc1cc(C(=O)NC(C)c2ccccc2)c(Cl)cn1. The Morgan fingerprint density at radius 1 is 1.33 bits per heavy atom. The molecule has 5 heteroatoms. The van der Waals surface area contributed by atoms with Crippen LogP contribution in [0.15, 0.2) is 42.6 Å². The summed E-state index contributed by atoms with van der Waals surface area (Å²) in [6, 6.07) is 11.4. The molecule has 1 heterocycles. The van der Waals surface area contributed by atoms with Gasteiger partial charge in [-0.25, -0.2) is 4.98 Å². The van der Waals surface area contributed by atoms with Crippen LogP contribution in [-0.2, 0) is 0 Å². The zero-order valence-corrected chi connectivity index (χ0v) is 12.8. The Hall–Kier alpha value is -2.07.